The van der Waals surface area contributed by atoms with Crippen molar-refractivity contribution in [3.05, 3.63) is 101 Å². The Kier molecular flexibility index (Phi) is 9.07. The second kappa shape index (κ2) is 12.7. The quantitative estimate of drug-likeness (QED) is 0.175. The first-order valence-corrected chi connectivity index (χ1v) is 13.6. The number of hydrogen-bond donors (Lipinski definition) is 1. The molecule has 0 radical (unpaired) electrons. The molecule has 0 spiro atoms. The van der Waals surface area contributed by atoms with Gasteiger partial charge >= 0.3 is 0 Å². The molecule has 1 heterocycles. The minimum atomic E-state index is -0.765. The minimum Gasteiger partial charge on any atom is -0.507 e. The smallest absolute Gasteiger partial charge is 0.295 e. The fraction of sp³-hybridized carbons (Fsp3) is 0.333. The number of aliphatic hydroxyl groups is 1. The molecule has 1 saturated heterocycles. The molecule has 1 unspecified atom stereocenters. The van der Waals surface area contributed by atoms with Gasteiger partial charge in [-0.1, -0.05) is 80.1 Å². The number of nitrogens with zero attached hydrogens (tertiary/aromatic N) is 1. The summed E-state index contributed by atoms with van der Waals surface area (Å²) in [5.41, 5.74) is 3.33. The number of ether oxygens (including phenoxy) is 2. The normalized spacial score (nSPS) is 16.6. The molecule has 0 aromatic heterocycles. The van der Waals surface area contributed by atoms with E-state index in [1.807, 2.05) is 74.5 Å². The molecule has 1 N–H and O–H groups in total. The maximum absolute atomic E-state index is 13.4. The summed E-state index contributed by atoms with van der Waals surface area (Å²) in [5, 5.41) is 11.4. The van der Waals surface area contributed by atoms with Crippen LogP contribution in [0.5, 0.6) is 11.5 Å². The SMILES string of the molecule is CCOc1cc(C2C(=C(O)c3ccc(C)cc3)C(=O)C(=O)N2CCc2ccccc2)ccc1OCCC(C)C. The lowest BCUT2D eigenvalue weighted by Crippen LogP contribution is -2.31. The number of Topliss-reactive ketones (excluding diaryl/α,β-unsaturated/α-hetero) is 1. The first kappa shape index (κ1) is 28.0. The molecule has 3 aromatic rings. The van der Waals surface area contributed by atoms with Gasteiger partial charge in [0.05, 0.1) is 24.8 Å². The van der Waals surface area contributed by atoms with Crippen molar-refractivity contribution in [1.82, 2.24) is 4.90 Å². The van der Waals surface area contributed by atoms with Gasteiger partial charge in [-0.05, 0) is 55.9 Å². The molecule has 1 aliphatic rings. The highest BCUT2D eigenvalue weighted by molar-refractivity contribution is 6.46. The van der Waals surface area contributed by atoms with Crippen molar-refractivity contribution in [2.75, 3.05) is 19.8 Å². The number of ketones is 1. The molecule has 6 heteroatoms. The fourth-order valence-electron chi connectivity index (χ4n) is 4.71. The predicted molar refractivity (Wildman–Crippen MR) is 153 cm³/mol. The minimum absolute atomic E-state index is 0.0767. The number of benzene rings is 3. The maximum atomic E-state index is 13.4. The molecule has 1 aliphatic heterocycles. The molecule has 0 aliphatic carbocycles. The summed E-state index contributed by atoms with van der Waals surface area (Å²) in [6, 6.07) is 21.8. The van der Waals surface area contributed by atoms with Gasteiger partial charge in [-0.15, -0.1) is 0 Å². The molecule has 1 amide bonds. The zero-order chi connectivity index (χ0) is 27.9. The Balaban J connectivity index is 1.77. The van der Waals surface area contributed by atoms with Crippen molar-refractivity contribution in [2.45, 2.75) is 46.6 Å². The van der Waals surface area contributed by atoms with Crippen LogP contribution in [0.3, 0.4) is 0 Å². The predicted octanol–water partition coefficient (Wildman–Crippen LogP) is 6.48. The topological polar surface area (TPSA) is 76.1 Å². The third-order valence-electron chi connectivity index (χ3n) is 6.89. The van der Waals surface area contributed by atoms with Gasteiger partial charge in [0, 0.05) is 12.1 Å². The molecule has 0 saturated carbocycles. The van der Waals surface area contributed by atoms with Crippen LogP contribution < -0.4 is 9.47 Å². The van der Waals surface area contributed by atoms with E-state index in [4.69, 9.17) is 9.47 Å². The van der Waals surface area contributed by atoms with Crippen LogP contribution in [0.4, 0.5) is 0 Å². The van der Waals surface area contributed by atoms with Gasteiger partial charge in [0.1, 0.15) is 5.76 Å². The number of carbonyl (C=O) groups excluding carboxylic acids is 2. The molecule has 0 bridgehead atoms. The highest BCUT2D eigenvalue weighted by atomic mass is 16.5. The molecule has 4 rings (SSSR count). The largest absolute Gasteiger partial charge is 0.507 e. The third kappa shape index (κ3) is 6.51. The molecule has 204 valence electrons. The number of hydrogen-bond acceptors (Lipinski definition) is 5. The monoisotopic (exact) mass is 527 g/mol. The van der Waals surface area contributed by atoms with E-state index in [1.165, 1.54) is 0 Å². The summed E-state index contributed by atoms with van der Waals surface area (Å²) >= 11 is 0. The van der Waals surface area contributed by atoms with E-state index in [1.54, 1.807) is 17.0 Å². The van der Waals surface area contributed by atoms with E-state index in [0.717, 1.165) is 17.5 Å². The Bertz CT molecular complexity index is 1330. The highest BCUT2D eigenvalue weighted by Gasteiger charge is 2.46. The molecule has 1 fully saturated rings. The maximum Gasteiger partial charge on any atom is 0.295 e. The zero-order valence-corrected chi connectivity index (χ0v) is 23.1. The van der Waals surface area contributed by atoms with Crippen molar-refractivity contribution >= 4 is 17.4 Å². The summed E-state index contributed by atoms with van der Waals surface area (Å²) in [7, 11) is 0. The van der Waals surface area contributed by atoms with Crippen LogP contribution in [-0.2, 0) is 16.0 Å². The van der Waals surface area contributed by atoms with E-state index in [2.05, 4.69) is 13.8 Å². The Labute approximate surface area is 230 Å². The molecule has 3 aromatic carbocycles. The highest BCUT2D eigenvalue weighted by Crippen LogP contribution is 2.42. The van der Waals surface area contributed by atoms with Gasteiger partial charge in [0.2, 0.25) is 0 Å². The summed E-state index contributed by atoms with van der Waals surface area (Å²) < 4.78 is 11.9. The number of amides is 1. The Morgan fingerprint density at radius 1 is 0.949 bits per heavy atom. The third-order valence-corrected chi connectivity index (χ3v) is 6.89. The molecular formula is C33H37NO5. The van der Waals surface area contributed by atoms with Crippen molar-refractivity contribution < 1.29 is 24.2 Å². The van der Waals surface area contributed by atoms with Gasteiger partial charge in [-0.25, -0.2) is 0 Å². The Hall–Kier alpha value is -4.06. The van der Waals surface area contributed by atoms with Crippen molar-refractivity contribution in [3.8, 4) is 11.5 Å². The molecular weight excluding hydrogens is 490 g/mol. The first-order valence-electron chi connectivity index (χ1n) is 13.6. The average molecular weight is 528 g/mol. The van der Waals surface area contributed by atoms with Crippen LogP contribution in [0, 0.1) is 12.8 Å². The fourth-order valence-corrected chi connectivity index (χ4v) is 4.71. The lowest BCUT2D eigenvalue weighted by Gasteiger charge is -2.26. The van der Waals surface area contributed by atoms with Crippen LogP contribution in [0.2, 0.25) is 0 Å². The number of aliphatic hydroxyl groups excluding tert-OH is 1. The first-order chi connectivity index (χ1) is 18.8. The number of carbonyl (C=O) groups is 2. The molecule has 1 atom stereocenters. The van der Waals surface area contributed by atoms with Crippen molar-refractivity contribution in [2.24, 2.45) is 5.92 Å². The standard InChI is InChI=1S/C33H37NO5/c1-5-38-28-21-26(15-16-27(28)39-20-18-22(2)3)30-29(31(35)25-13-11-23(4)12-14-25)32(36)33(37)34(30)19-17-24-9-7-6-8-10-24/h6-16,21-22,30,35H,5,17-20H2,1-4H3. The van der Waals surface area contributed by atoms with E-state index < -0.39 is 17.7 Å². The van der Waals surface area contributed by atoms with Gasteiger partial charge in [0.25, 0.3) is 11.7 Å². The Morgan fingerprint density at radius 3 is 2.33 bits per heavy atom. The van der Waals surface area contributed by atoms with Crippen LogP contribution in [0.1, 0.15) is 55.5 Å². The number of aryl methyl sites for hydroxylation is 1. The number of likely N-dealkylation sites (tertiary alicyclic amines) is 1. The average Bonchev–Trinajstić information content (AvgIpc) is 3.18. The summed E-state index contributed by atoms with van der Waals surface area (Å²) in [5.74, 6) is 0.159. The lowest BCUT2D eigenvalue weighted by molar-refractivity contribution is -0.139. The van der Waals surface area contributed by atoms with E-state index >= 15 is 0 Å². The van der Waals surface area contributed by atoms with Crippen LogP contribution >= 0.6 is 0 Å². The molecule has 39 heavy (non-hydrogen) atoms. The van der Waals surface area contributed by atoms with E-state index in [9.17, 15) is 14.7 Å². The van der Waals surface area contributed by atoms with Crippen LogP contribution in [-0.4, -0.2) is 41.5 Å². The van der Waals surface area contributed by atoms with Crippen LogP contribution in [0.25, 0.3) is 5.76 Å². The van der Waals surface area contributed by atoms with Gasteiger partial charge in [-0.2, -0.15) is 0 Å². The van der Waals surface area contributed by atoms with Gasteiger partial charge in [0.15, 0.2) is 11.5 Å². The van der Waals surface area contributed by atoms with Crippen molar-refractivity contribution in [1.29, 1.82) is 0 Å². The zero-order valence-electron chi connectivity index (χ0n) is 23.1. The van der Waals surface area contributed by atoms with E-state index in [-0.39, 0.29) is 11.3 Å². The second-order valence-electron chi connectivity index (χ2n) is 10.3. The summed E-state index contributed by atoms with van der Waals surface area (Å²) in [4.78, 5) is 28.3. The lowest BCUT2D eigenvalue weighted by atomic mass is 9.94. The number of rotatable bonds is 11. The van der Waals surface area contributed by atoms with Gasteiger partial charge < -0.3 is 19.5 Å². The van der Waals surface area contributed by atoms with Gasteiger partial charge in [-0.3, -0.25) is 9.59 Å². The van der Waals surface area contributed by atoms with Crippen molar-refractivity contribution in [3.63, 3.8) is 0 Å². The Morgan fingerprint density at radius 2 is 1.67 bits per heavy atom. The molecule has 6 nitrogen and oxygen atoms in total. The van der Waals surface area contributed by atoms with E-state index in [0.29, 0.717) is 54.7 Å². The summed E-state index contributed by atoms with van der Waals surface area (Å²) in [6.07, 6.45) is 1.48. The summed E-state index contributed by atoms with van der Waals surface area (Å²) in [6.45, 7) is 9.44. The second-order valence-corrected chi connectivity index (χ2v) is 10.3. The van der Waals surface area contributed by atoms with Crippen LogP contribution in [0.15, 0.2) is 78.4 Å².